The van der Waals surface area contributed by atoms with Gasteiger partial charge < -0.3 is 10.2 Å². The third-order valence-electron chi connectivity index (χ3n) is 3.93. The van der Waals surface area contributed by atoms with Crippen LogP contribution < -0.4 is 5.32 Å². The molecule has 0 aromatic heterocycles. The van der Waals surface area contributed by atoms with Crippen molar-refractivity contribution in [2.24, 2.45) is 11.8 Å². The monoisotopic (exact) mass is 238 g/mol. The van der Waals surface area contributed by atoms with Crippen LogP contribution in [0.25, 0.3) is 0 Å². The molecule has 1 atom stereocenters. The van der Waals surface area contributed by atoms with E-state index in [4.69, 9.17) is 0 Å². The zero-order chi connectivity index (χ0) is 12.4. The van der Waals surface area contributed by atoms with Crippen LogP contribution in [0.15, 0.2) is 0 Å². The van der Waals surface area contributed by atoms with Crippen LogP contribution in [0.2, 0.25) is 0 Å². The number of carbonyl (C=O) groups is 2. The van der Waals surface area contributed by atoms with Crippen molar-refractivity contribution < 1.29 is 9.59 Å². The first kappa shape index (κ1) is 12.4. The first-order valence-corrected chi connectivity index (χ1v) is 6.66. The minimum Gasteiger partial charge on any atom is -0.343 e. The van der Waals surface area contributed by atoms with Gasteiger partial charge in [0, 0.05) is 6.54 Å². The highest BCUT2D eigenvalue weighted by Crippen LogP contribution is 2.29. The number of piperazine rings is 1. The molecule has 0 aromatic rings. The van der Waals surface area contributed by atoms with Gasteiger partial charge in [-0.15, -0.1) is 0 Å². The molecule has 96 valence electrons. The Morgan fingerprint density at radius 3 is 2.59 bits per heavy atom. The molecule has 0 spiro atoms. The summed E-state index contributed by atoms with van der Waals surface area (Å²) in [5.74, 6) is 1.03. The normalized spacial score (nSPS) is 26.1. The fourth-order valence-corrected chi connectivity index (χ4v) is 2.49. The number of carbonyl (C=O) groups excluding carboxylic acids is 2. The summed E-state index contributed by atoms with van der Waals surface area (Å²) in [6, 6.07) is -0.322. The maximum atomic E-state index is 12.1. The molecule has 0 bridgehead atoms. The largest absolute Gasteiger partial charge is 0.343 e. The van der Waals surface area contributed by atoms with Crippen molar-refractivity contribution in [3.8, 4) is 0 Å². The Hall–Kier alpha value is -1.06. The molecule has 0 aromatic carbocycles. The molecule has 1 aliphatic carbocycles. The first-order valence-electron chi connectivity index (χ1n) is 6.66. The number of nitrogens with zero attached hydrogens (tertiary/aromatic N) is 1. The van der Waals surface area contributed by atoms with Gasteiger partial charge in [-0.2, -0.15) is 0 Å². The highest BCUT2D eigenvalue weighted by atomic mass is 16.2. The van der Waals surface area contributed by atoms with Gasteiger partial charge in [-0.05, 0) is 18.3 Å². The predicted molar refractivity (Wildman–Crippen MR) is 65.3 cm³/mol. The highest BCUT2D eigenvalue weighted by Gasteiger charge is 2.34. The van der Waals surface area contributed by atoms with Crippen LogP contribution >= 0.6 is 0 Å². The fourth-order valence-electron chi connectivity index (χ4n) is 2.49. The minimum atomic E-state index is -0.322. The topological polar surface area (TPSA) is 49.4 Å². The molecule has 17 heavy (non-hydrogen) atoms. The fraction of sp³-hybridized carbons (Fsp3) is 0.846. The molecule has 2 amide bonds. The lowest BCUT2D eigenvalue weighted by atomic mass is 9.83. The Kier molecular flexibility index (Phi) is 3.69. The molecule has 4 nitrogen and oxygen atoms in total. The zero-order valence-electron chi connectivity index (χ0n) is 10.7. The van der Waals surface area contributed by atoms with Crippen molar-refractivity contribution in [2.75, 3.05) is 13.1 Å². The molecule has 2 aliphatic rings. The Morgan fingerprint density at radius 1 is 1.35 bits per heavy atom. The Bertz CT molecular complexity index is 311. The van der Waals surface area contributed by atoms with Crippen LogP contribution in [0.5, 0.6) is 0 Å². The number of hydrogen-bond donors (Lipinski definition) is 1. The predicted octanol–water partition coefficient (Wildman–Crippen LogP) is 1.16. The van der Waals surface area contributed by atoms with E-state index in [1.54, 1.807) is 4.90 Å². The van der Waals surface area contributed by atoms with Gasteiger partial charge in [-0.3, -0.25) is 9.59 Å². The second-order valence-electron chi connectivity index (χ2n) is 5.63. The number of hydrogen-bond acceptors (Lipinski definition) is 2. The van der Waals surface area contributed by atoms with E-state index in [9.17, 15) is 9.59 Å². The molecule has 1 saturated heterocycles. The van der Waals surface area contributed by atoms with E-state index in [2.05, 4.69) is 5.32 Å². The lowest BCUT2D eigenvalue weighted by molar-refractivity contribution is -0.145. The van der Waals surface area contributed by atoms with E-state index in [0.717, 1.165) is 18.9 Å². The first-order chi connectivity index (χ1) is 8.08. The maximum absolute atomic E-state index is 12.1. The Balaban J connectivity index is 1.90. The standard InChI is InChI=1S/C13H22N2O2/c1-9(2)12-13(17)15(8-11(16)14-12)7-6-10-4-3-5-10/h9-10,12H,3-8H2,1-2H3,(H,14,16). The van der Waals surface area contributed by atoms with Crippen molar-refractivity contribution in [2.45, 2.75) is 45.6 Å². The van der Waals surface area contributed by atoms with Crippen LogP contribution in [-0.2, 0) is 9.59 Å². The van der Waals surface area contributed by atoms with Crippen LogP contribution in [0, 0.1) is 11.8 Å². The Morgan fingerprint density at radius 2 is 2.06 bits per heavy atom. The van der Waals surface area contributed by atoms with Crippen molar-refractivity contribution in [1.82, 2.24) is 10.2 Å². The van der Waals surface area contributed by atoms with E-state index >= 15 is 0 Å². The summed E-state index contributed by atoms with van der Waals surface area (Å²) >= 11 is 0. The number of rotatable bonds is 4. The van der Waals surface area contributed by atoms with E-state index in [1.165, 1.54) is 19.3 Å². The lowest BCUT2D eigenvalue weighted by Crippen LogP contribution is -2.60. The SMILES string of the molecule is CC(C)C1NC(=O)CN(CCC2CCC2)C1=O. The smallest absolute Gasteiger partial charge is 0.245 e. The van der Waals surface area contributed by atoms with Gasteiger partial charge in [0.1, 0.15) is 6.04 Å². The molecular formula is C13H22N2O2. The molecule has 0 radical (unpaired) electrons. The maximum Gasteiger partial charge on any atom is 0.245 e. The minimum absolute atomic E-state index is 0.0168. The molecule has 2 fully saturated rings. The van der Waals surface area contributed by atoms with E-state index < -0.39 is 0 Å². The average molecular weight is 238 g/mol. The summed E-state index contributed by atoms with van der Waals surface area (Å²) in [5.41, 5.74) is 0. The second kappa shape index (κ2) is 5.07. The van der Waals surface area contributed by atoms with E-state index in [0.29, 0.717) is 0 Å². The average Bonchev–Trinajstić information content (AvgIpc) is 2.19. The van der Waals surface area contributed by atoms with Gasteiger partial charge >= 0.3 is 0 Å². The summed E-state index contributed by atoms with van der Waals surface area (Å²) in [5, 5.41) is 2.78. The molecule has 1 saturated carbocycles. The summed E-state index contributed by atoms with van der Waals surface area (Å²) in [6.07, 6.45) is 4.97. The molecular weight excluding hydrogens is 216 g/mol. The third-order valence-corrected chi connectivity index (χ3v) is 3.93. The van der Waals surface area contributed by atoms with Crippen LogP contribution in [0.4, 0.5) is 0 Å². The summed E-state index contributed by atoms with van der Waals surface area (Å²) in [4.78, 5) is 25.4. The Labute approximate surface area is 103 Å². The van der Waals surface area contributed by atoms with Crippen molar-refractivity contribution in [1.29, 1.82) is 0 Å². The van der Waals surface area contributed by atoms with Gasteiger partial charge in [-0.1, -0.05) is 33.1 Å². The molecule has 4 heteroatoms. The molecule has 1 aliphatic heterocycles. The van der Waals surface area contributed by atoms with Crippen molar-refractivity contribution >= 4 is 11.8 Å². The van der Waals surface area contributed by atoms with Gasteiger partial charge in [0.2, 0.25) is 11.8 Å². The molecule has 1 N–H and O–H groups in total. The highest BCUT2D eigenvalue weighted by molar-refractivity contribution is 5.94. The van der Waals surface area contributed by atoms with Crippen molar-refractivity contribution in [3.05, 3.63) is 0 Å². The molecule has 1 heterocycles. The quantitative estimate of drug-likeness (QED) is 0.799. The van der Waals surface area contributed by atoms with Crippen molar-refractivity contribution in [3.63, 3.8) is 0 Å². The second-order valence-corrected chi connectivity index (χ2v) is 5.63. The number of nitrogens with one attached hydrogen (secondary N) is 1. The zero-order valence-corrected chi connectivity index (χ0v) is 10.7. The van der Waals surface area contributed by atoms with Crippen LogP contribution in [-0.4, -0.2) is 35.8 Å². The third kappa shape index (κ3) is 2.79. The van der Waals surface area contributed by atoms with Crippen LogP contribution in [0.3, 0.4) is 0 Å². The summed E-state index contributed by atoms with van der Waals surface area (Å²) in [6.45, 7) is 4.94. The molecule has 2 rings (SSSR count). The van der Waals surface area contributed by atoms with Gasteiger partial charge in [0.25, 0.3) is 0 Å². The summed E-state index contributed by atoms with van der Waals surface area (Å²) in [7, 11) is 0. The van der Waals surface area contributed by atoms with E-state index in [1.807, 2.05) is 13.8 Å². The van der Waals surface area contributed by atoms with Gasteiger partial charge in [0.05, 0.1) is 6.54 Å². The number of amides is 2. The van der Waals surface area contributed by atoms with E-state index in [-0.39, 0.29) is 30.3 Å². The van der Waals surface area contributed by atoms with Gasteiger partial charge in [-0.25, -0.2) is 0 Å². The van der Waals surface area contributed by atoms with Crippen LogP contribution in [0.1, 0.15) is 39.5 Å². The summed E-state index contributed by atoms with van der Waals surface area (Å²) < 4.78 is 0. The van der Waals surface area contributed by atoms with Gasteiger partial charge in [0.15, 0.2) is 0 Å². The molecule has 1 unspecified atom stereocenters. The lowest BCUT2D eigenvalue weighted by Gasteiger charge is -2.36.